The molecule has 414 valence electrons. The van der Waals surface area contributed by atoms with E-state index in [4.69, 9.17) is 56.8 Å². The summed E-state index contributed by atoms with van der Waals surface area (Å²) in [6, 6.07) is 77.7. The number of ether oxygens (including phenoxy) is 12. The molecule has 0 amide bonds. The molecule has 10 atom stereocenters. The maximum Gasteiger partial charge on any atom is 0.229 e. The van der Waals surface area contributed by atoms with Crippen LogP contribution in [0.25, 0.3) is 0 Å². The molecule has 12 heteroatoms. The van der Waals surface area contributed by atoms with E-state index in [0.29, 0.717) is 24.7 Å². The van der Waals surface area contributed by atoms with Gasteiger partial charge in [0.15, 0.2) is 12.4 Å². The van der Waals surface area contributed by atoms with Gasteiger partial charge in [0.05, 0.1) is 66.6 Å². The van der Waals surface area contributed by atoms with Gasteiger partial charge in [-0.3, -0.25) is 0 Å². The van der Waals surface area contributed by atoms with Gasteiger partial charge in [-0.15, -0.1) is 0 Å². The lowest BCUT2D eigenvalue weighted by molar-refractivity contribution is -0.376. The third kappa shape index (κ3) is 16.3. The Morgan fingerprint density at radius 3 is 0.925 bits per heavy atom. The van der Waals surface area contributed by atoms with Gasteiger partial charge < -0.3 is 56.8 Å². The molecule has 80 heavy (non-hydrogen) atoms. The van der Waals surface area contributed by atoms with Gasteiger partial charge in [0, 0.05) is 0 Å². The van der Waals surface area contributed by atoms with E-state index in [9.17, 15) is 0 Å². The quantitative estimate of drug-likeness (QED) is 0.0466. The summed E-state index contributed by atoms with van der Waals surface area (Å²) in [5.74, 6) is 1.17. The predicted molar refractivity (Wildman–Crippen MR) is 303 cm³/mol. The first-order valence-corrected chi connectivity index (χ1v) is 27.4. The highest BCUT2D eigenvalue weighted by Crippen LogP contribution is 2.38. The fraction of sp³-hybridized carbons (Fsp3) is 0.294. The average Bonchev–Trinajstić information content (AvgIpc) is 3.62. The normalized spacial score (nSPS) is 22.8. The molecule has 2 saturated heterocycles. The number of hydrogen-bond acceptors (Lipinski definition) is 12. The Kier molecular flexibility index (Phi) is 21.1. The van der Waals surface area contributed by atoms with Gasteiger partial charge in [0.25, 0.3) is 0 Å². The van der Waals surface area contributed by atoms with Crippen LogP contribution in [0.4, 0.5) is 0 Å². The molecule has 2 fully saturated rings. The van der Waals surface area contributed by atoms with E-state index in [1.165, 1.54) is 0 Å². The van der Waals surface area contributed by atoms with Crippen LogP contribution >= 0.6 is 0 Å². The highest BCUT2D eigenvalue weighted by Gasteiger charge is 2.55. The third-order valence-corrected chi connectivity index (χ3v) is 14.0. The number of rotatable bonds is 28. The lowest BCUT2D eigenvalue weighted by Gasteiger charge is -2.50. The second-order valence-corrected chi connectivity index (χ2v) is 19.8. The van der Waals surface area contributed by atoms with Crippen molar-refractivity contribution in [1.82, 2.24) is 0 Å². The summed E-state index contributed by atoms with van der Waals surface area (Å²) in [6.07, 6.45) is -8.90. The van der Waals surface area contributed by atoms with Gasteiger partial charge >= 0.3 is 0 Å². The largest absolute Gasteiger partial charge is 0.497 e. The Labute approximate surface area is 469 Å². The summed E-state index contributed by atoms with van der Waals surface area (Å²) in [6.45, 7) is 2.08. The molecule has 0 N–H and O–H groups in total. The summed E-state index contributed by atoms with van der Waals surface area (Å²) in [7, 11) is 1.63. The zero-order valence-corrected chi connectivity index (χ0v) is 45.1. The molecule has 0 spiro atoms. The SMILES string of the molecule is COc1ccc(O[C@H]2O[C@H](COCc3ccccc3)[C@@H](OCc3ccccc3)[C@H](OCc3ccccc3)[C@@H]2O[C@@H]2O[C@H](COCc3ccccc3)[C@@H](OCc3ccccc3)[C@H](OCc3ccccc3)[C@@H]2OCc2ccccc2)cc1. The van der Waals surface area contributed by atoms with Crippen molar-refractivity contribution in [2.75, 3.05) is 20.3 Å². The van der Waals surface area contributed by atoms with Crippen LogP contribution in [0, 0.1) is 0 Å². The second kappa shape index (κ2) is 30.0. The van der Waals surface area contributed by atoms with Gasteiger partial charge in [0.2, 0.25) is 6.29 Å². The van der Waals surface area contributed by atoms with Crippen LogP contribution in [0.1, 0.15) is 38.9 Å². The topological polar surface area (TPSA) is 111 Å². The third-order valence-electron chi connectivity index (χ3n) is 14.0. The van der Waals surface area contributed by atoms with E-state index in [1.54, 1.807) is 7.11 Å². The van der Waals surface area contributed by atoms with E-state index in [2.05, 4.69) is 0 Å². The summed E-state index contributed by atoms with van der Waals surface area (Å²) in [4.78, 5) is 0. The van der Waals surface area contributed by atoms with Gasteiger partial charge in [-0.05, 0) is 63.2 Å². The first-order chi connectivity index (χ1) is 39.6. The molecule has 0 radical (unpaired) electrons. The first-order valence-electron chi connectivity index (χ1n) is 27.4. The molecule has 8 aromatic carbocycles. The van der Waals surface area contributed by atoms with E-state index >= 15 is 0 Å². The molecule has 0 aliphatic carbocycles. The van der Waals surface area contributed by atoms with Gasteiger partial charge in [0.1, 0.15) is 54.2 Å². The minimum absolute atomic E-state index is 0.120. The molecule has 0 aromatic heterocycles. The molecule has 10 rings (SSSR count). The van der Waals surface area contributed by atoms with E-state index < -0.39 is 61.4 Å². The molecule has 2 aliphatic rings. The van der Waals surface area contributed by atoms with Crippen LogP contribution in [0.5, 0.6) is 11.5 Å². The number of benzene rings is 8. The summed E-state index contributed by atoms with van der Waals surface area (Å²) in [5, 5.41) is 0. The molecular formula is C68H70O12. The maximum absolute atomic E-state index is 7.60. The second-order valence-electron chi connectivity index (χ2n) is 19.8. The zero-order chi connectivity index (χ0) is 54.4. The fourth-order valence-electron chi connectivity index (χ4n) is 9.84. The standard InChI is InChI=1S/C68H70O12/c1-69-57-37-39-58(40-38-57)77-68-66(64(75-46-55-33-19-7-20-34-55)62(73-44-53-29-15-5-16-30-53)60(79-68)49-71-42-51-25-11-3-12-26-51)80-67-65(76-47-56-35-21-8-22-36-56)63(74-45-54-31-17-6-18-32-54)61(72-43-52-27-13-4-14-28-52)59(78-67)48-70-41-50-23-9-2-10-24-50/h2-40,59-68H,41-49H2,1H3/t59-,60-,61-,62-,63+,64+,65+,66+,67+,68+/m1/s1. The van der Waals surface area contributed by atoms with Gasteiger partial charge in [-0.1, -0.05) is 212 Å². The number of methoxy groups -OCH3 is 1. The minimum atomic E-state index is -1.17. The Morgan fingerprint density at radius 1 is 0.287 bits per heavy atom. The molecular weight excluding hydrogens is 1010 g/mol. The van der Waals surface area contributed by atoms with Crippen molar-refractivity contribution in [3.63, 3.8) is 0 Å². The highest BCUT2D eigenvalue weighted by atomic mass is 16.8. The van der Waals surface area contributed by atoms with Gasteiger partial charge in [-0.25, -0.2) is 0 Å². The molecule has 12 nitrogen and oxygen atoms in total. The maximum atomic E-state index is 7.60. The van der Waals surface area contributed by atoms with Crippen LogP contribution in [0.3, 0.4) is 0 Å². The van der Waals surface area contributed by atoms with Crippen molar-refractivity contribution < 1.29 is 56.8 Å². The Balaban J connectivity index is 1.07. The van der Waals surface area contributed by atoms with Crippen molar-refractivity contribution in [2.24, 2.45) is 0 Å². The highest BCUT2D eigenvalue weighted by molar-refractivity contribution is 5.31. The molecule has 2 heterocycles. The molecule has 8 aromatic rings. The van der Waals surface area contributed by atoms with E-state index in [1.807, 2.05) is 237 Å². The van der Waals surface area contributed by atoms with Crippen LogP contribution in [-0.4, -0.2) is 81.7 Å². The van der Waals surface area contributed by atoms with E-state index in [0.717, 1.165) is 38.9 Å². The summed E-state index contributed by atoms with van der Waals surface area (Å²) in [5.41, 5.74) is 6.85. The Bertz CT molecular complexity index is 2950. The van der Waals surface area contributed by atoms with Crippen molar-refractivity contribution in [2.45, 2.75) is 108 Å². The minimum Gasteiger partial charge on any atom is -0.497 e. The van der Waals surface area contributed by atoms with Crippen molar-refractivity contribution in [3.05, 3.63) is 276 Å². The van der Waals surface area contributed by atoms with Crippen LogP contribution < -0.4 is 9.47 Å². The first kappa shape index (κ1) is 56.2. The van der Waals surface area contributed by atoms with Crippen LogP contribution in [0.2, 0.25) is 0 Å². The Morgan fingerprint density at radius 2 is 0.575 bits per heavy atom. The fourth-order valence-corrected chi connectivity index (χ4v) is 9.84. The van der Waals surface area contributed by atoms with E-state index in [-0.39, 0.29) is 46.2 Å². The molecule has 0 bridgehead atoms. The van der Waals surface area contributed by atoms with Crippen LogP contribution in [-0.2, 0) is 93.6 Å². The van der Waals surface area contributed by atoms with Gasteiger partial charge in [-0.2, -0.15) is 0 Å². The summed E-state index contributed by atoms with van der Waals surface area (Å²) < 4.78 is 83.3. The molecule has 0 unspecified atom stereocenters. The van der Waals surface area contributed by atoms with Crippen LogP contribution in [0.15, 0.2) is 237 Å². The average molecular weight is 1080 g/mol. The summed E-state index contributed by atoms with van der Waals surface area (Å²) >= 11 is 0. The zero-order valence-electron chi connectivity index (χ0n) is 45.1. The lowest BCUT2D eigenvalue weighted by atomic mass is 9.96. The van der Waals surface area contributed by atoms with Crippen molar-refractivity contribution >= 4 is 0 Å². The Hall–Kier alpha value is -7.04. The van der Waals surface area contributed by atoms with Crippen molar-refractivity contribution in [1.29, 1.82) is 0 Å². The smallest absolute Gasteiger partial charge is 0.229 e. The predicted octanol–water partition coefficient (Wildman–Crippen LogP) is 12.3. The monoisotopic (exact) mass is 1080 g/mol. The lowest BCUT2D eigenvalue weighted by Crippen LogP contribution is -2.67. The molecule has 0 saturated carbocycles. The molecule has 2 aliphatic heterocycles. The van der Waals surface area contributed by atoms with Crippen molar-refractivity contribution in [3.8, 4) is 11.5 Å². The number of hydrogen-bond donors (Lipinski definition) is 0.